The van der Waals surface area contributed by atoms with Crippen molar-refractivity contribution in [2.24, 2.45) is 0 Å². The maximum Gasteiger partial charge on any atom is 0.381 e. The van der Waals surface area contributed by atoms with Crippen LogP contribution in [0.4, 0.5) is 5.82 Å². The van der Waals surface area contributed by atoms with Crippen LogP contribution in [0.15, 0.2) is 79.5 Å². The average Bonchev–Trinajstić information content (AvgIpc) is 3.19. The first-order valence-electron chi connectivity index (χ1n) is 8.63. The highest BCUT2D eigenvalue weighted by atomic mass is 16.6. The summed E-state index contributed by atoms with van der Waals surface area (Å²) in [5.74, 6) is 0.274. The lowest BCUT2D eigenvalue weighted by Gasteiger charge is -2.32. The van der Waals surface area contributed by atoms with Crippen LogP contribution in [0.3, 0.4) is 0 Å². The zero-order chi connectivity index (χ0) is 19.4. The highest BCUT2D eigenvalue weighted by molar-refractivity contribution is 5.63. The van der Waals surface area contributed by atoms with E-state index in [0.717, 1.165) is 16.7 Å². The molecule has 1 aromatic heterocycles. The average molecular weight is 363 g/mol. The molecule has 0 aliphatic rings. The lowest BCUT2D eigenvalue weighted by molar-refractivity contribution is -0.389. The Bertz CT molecular complexity index is 948. The lowest BCUT2D eigenvalue weighted by Crippen LogP contribution is -2.33. The van der Waals surface area contributed by atoms with Crippen LogP contribution >= 0.6 is 0 Å². The van der Waals surface area contributed by atoms with E-state index >= 15 is 0 Å². The molecule has 3 aromatic rings. The normalized spacial score (nSPS) is 13.0. The van der Waals surface area contributed by atoms with Gasteiger partial charge in [-0.05, 0) is 40.4 Å². The molecule has 1 heterocycles. The van der Waals surface area contributed by atoms with Gasteiger partial charge < -0.3 is 14.9 Å². The largest absolute Gasteiger partial charge is 0.496 e. The van der Waals surface area contributed by atoms with Gasteiger partial charge in [0, 0.05) is 0 Å². The van der Waals surface area contributed by atoms with Gasteiger partial charge in [-0.15, -0.1) is 0 Å². The van der Waals surface area contributed by atoms with E-state index in [2.05, 4.69) is 11.6 Å². The van der Waals surface area contributed by atoms with Crippen LogP contribution in [0.2, 0.25) is 0 Å². The molecule has 0 bridgehead atoms. The van der Waals surface area contributed by atoms with Crippen molar-refractivity contribution in [3.8, 4) is 11.1 Å². The standard InChI is InChI=1S/C21H21N3O3/c1-4-27-16(2)21(3,23-14-20(22-15-23)24(25)26)19-12-10-18(11-13-19)17-8-6-5-7-9-17/h5-15H,2,4H2,1,3H3. The van der Waals surface area contributed by atoms with Crippen LogP contribution in [0.25, 0.3) is 11.1 Å². The van der Waals surface area contributed by atoms with Crippen molar-refractivity contribution in [2.45, 2.75) is 19.4 Å². The van der Waals surface area contributed by atoms with Crippen LogP contribution in [-0.4, -0.2) is 21.1 Å². The summed E-state index contributed by atoms with van der Waals surface area (Å²) in [5.41, 5.74) is 2.27. The predicted molar refractivity (Wildman–Crippen MR) is 104 cm³/mol. The fourth-order valence-electron chi connectivity index (χ4n) is 3.04. The summed E-state index contributed by atoms with van der Waals surface area (Å²) in [4.78, 5) is 14.4. The molecular formula is C21H21N3O3. The molecule has 0 saturated heterocycles. The van der Waals surface area contributed by atoms with Gasteiger partial charge in [0.25, 0.3) is 0 Å². The predicted octanol–water partition coefficient (Wildman–Crippen LogP) is 4.77. The van der Waals surface area contributed by atoms with E-state index in [1.54, 1.807) is 4.57 Å². The van der Waals surface area contributed by atoms with Crippen molar-refractivity contribution in [3.63, 3.8) is 0 Å². The Hall–Kier alpha value is -3.41. The summed E-state index contributed by atoms with van der Waals surface area (Å²) >= 11 is 0. The first kappa shape index (κ1) is 18.4. The van der Waals surface area contributed by atoms with E-state index in [1.165, 1.54) is 12.5 Å². The smallest absolute Gasteiger partial charge is 0.381 e. The highest BCUT2D eigenvalue weighted by Gasteiger charge is 2.35. The Balaban J connectivity index is 2.05. The molecule has 0 spiro atoms. The van der Waals surface area contributed by atoms with Crippen molar-refractivity contribution in [1.82, 2.24) is 9.55 Å². The minimum absolute atomic E-state index is 0.216. The zero-order valence-corrected chi connectivity index (χ0v) is 15.3. The number of imidazole rings is 1. The van der Waals surface area contributed by atoms with Gasteiger partial charge in [-0.1, -0.05) is 61.2 Å². The Morgan fingerprint density at radius 2 is 1.81 bits per heavy atom. The third-order valence-electron chi connectivity index (χ3n) is 4.69. The van der Waals surface area contributed by atoms with Gasteiger partial charge >= 0.3 is 5.82 Å². The Kier molecular flexibility index (Phi) is 5.07. The number of nitrogens with zero attached hydrogens (tertiary/aromatic N) is 3. The molecule has 6 heteroatoms. The van der Waals surface area contributed by atoms with E-state index in [-0.39, 0.29) is 5.82 Å². The minimum Gasteiger partial charge on any atom is -0.496 e. The van der Waals surface area contributed by atoms with E-state index in [4.69, 9.17) is 4.74 Å². The maximum absolute atomic E-state index is 11.1. The first-order valence-corrected chi connectivity index (χ1v) is 8.63. The monoisotopic (exact) mass is 363 g/mol. The van der Waals surface area contributed by atoms with Crippen LogP contribution in [0, 0.1) is 10.1 Å². The molecule has 6 nitrogen and oxygen atoms in total. The number of hydrogen-bond donors (Lipinski definition) is 0. The van der Waals surface area contributed by atoms with Crippen molar-refractivity contribution >= 4 is 5.82 Å². The second kappa shape index (κ2) is 7.45. The van der Waals surface area contributed by atoms with E-state index < -0.39 is 10.5 Å². The molecule has 0 radical (unpaired) electrons. The summed E-state index contributed by atoms with van der Waals surface area (Å²) < 4.78 is 7.35. The van der Waals surface area contributed by atoms with Crippen LogP contribution in [0.5, 0.6) is 0 Å². The molecule has 0 amide bonds. The Morgan fingerprint density at radius 3 is 2.37 bits per heavy atom. The second-order valence-electron chi connectivity index (χ2n) is 6.27. The van der Waals surface area contributed by atoms with Gasteiger partial charge in [0.15, 0.2) is 0 Å². The topological polar surface area (TPSA) is 70.2 Å². The Labute approximate surface area is 157 Å². The lowest BCUT2D eigenvalue weighted by atomic mass is 9.88. The van der Waals surface area contributed by atoms with Crippen molar-refractivity contribution in [3.05, 3.63) is 95.1 Å². The molecule has 1 unspecified atom stereocenters. The van der Waals surface area contributed by atoms with E-state index in [1.807, 2.05) is 68.4 Å². The van der Waals surface area contributed by atoms with Crippen LogP contribution in [0.1, 0.15) is 19.4 Å². The SMILES string of the molecule is C=C(OCC)C(C)(c1ccc(-c2ccccc2)cc1)n1cnc([N+](=O)[O-])c1. The minimum atomic E-state index is -0.827. The molecule has 3 rings (SSSR count). The van der Waals surface area contributed by atoms with Crippen molar-refractivity contribution in [2.75, 3.05) is 6.61 Å². The number of rotatable bonds is 7. The quantitative estimate of drug-likeness (QED) is 0.344. The van der Waals surface area contributed by atoms with Crippen molar-refractivity contribution < 1.29 is 9.66 Å². The number of hydrogen-bond acceptors (Lipinski definition) is 4. The fraction of sp³-hybridized carbons (Fsp3) is 0.190. The molecule has 0 saturated carbocycles. The van der Waals surface area contributed by atoms with Crippen molar-refractivity contribution in [1.29, 1.82) is 0 Å². The molecule has 27 heavy (non-hydrogen) atoms. The van der Waals surface area contributed by atoms with Gasteiger partial charge in [0.05, 0.1) is 6.61 Å². The highest BCUT2D eigenvalue weighted by Crippen LogP contribution is 2.35. The first-order chi connectivity index (χ1) is 13.0. The molecule has 138 valence electrons. The molecule has 2 aromatic carbocycles. The van der Waals surface area contributed by atoms with E-state index in [9.17, 15) is 10.1 Å². The zero-order valence-electron chi connectivity index (χ0n) is 15.3. The number of nitro groups is 1. The summed E-state index contributed by atoms with van der Waals surface area (Å²) in [7, 11) is 0. The summed E-state index contributed by atoms with van der Waals surface area (Å²) in [6.07, 6.45) is 2.84. The van der Waals surface area contributed by atoms with Gasteiger partial charge in [0.2, 0.25) is 6.33 Å². The van der Waals surface area contributed by atoms with Gasteiger partial charge in [-0.3, -0.25) is 4.57 Å². The number of aromatic nitrogens is 2. The summed E-state index contributed by atoms with van der Waals surface area (Å²) in [5, 5.41) is 11.1. The third-order valence-corrected chi connectivity index (χ3v) is 4.69. The van der Waals surface area contributed by atoms with E-state index in [0.29, 0.717) is 12.4 Å². The molecule has 0 aliphatic carbocycles. The van der Waals surface area contributed by atoms with Gasteiger partial charge in [0.1, 0.15) is 17.5 Å². The molecule has 0 fully saturated rings. The second-order valence-corrected chi connectivity index (χ2v) is 6.27. The summed E-state index contributed by atoms with van der Waals surface area (Å²) in [6.45, 7) is 8.30. The summed E-state index contributed by atoms with van der Waals surface area (Å²) in [6, 6.07) is 18.1. The number of ether oxygens (including phenoxy) is 1. The van der Waals surface area contributed by atoms with Gasteiger partial charge in [-0.25, -0.2) is 0 Å². The fourth-order valence-corrected chi connectivity index (χ4v) is 3.04. The molecule has 0 N–H and O–H groups in total. The Morgan fingerprint density at radius 1 is 1.19 bits per heavy atom. The van der Waals surface area contributed by atoms with Crippen LogP contribution < -0.4 is 0 Å². The number of benzene rings is 2. The third kappa shape index (κ3) is 3.46. The van der Waals surface area contributed by atoms with Gasteiger partial charge in [-0.2, -0.15) is 0 Å². The number of allylic oxidation sites excluding steroid dienone is 1. The molecule has 0 aliphatic heterocycles. The maximum atomic E-state index is 11.1. The molecule has 1 atom stereocenters. The van der Waals surface area contributed by atoms with Crippen LogP contribution in [-0.2, 0) is 10.3 Å². The molecular weight excluding hydrogens is 342 g/mol.